The molecule has 2 aromatic carbocycles. The van der Waals surface area contributed by atoms with Crippen molar-refractivity contribution in [2.45, 2.75) is 12.1 Å². The van der Waals surface area contributed by atoms with E-state index in [1.807, 2.05) is 30.5 Å². The molecule has 3 heterocycles. The molecule has 1 fully saturated rings. The van der Waals surface area contributed by atoms with Gasteiger partial charge in [0.2, 0.25) is 0 Å². The number of hydrogen-bond acceptors (Lipinski definition) is 3. The van der Waals surface area contributed by atoms with Crippen molar-refractivity contribution in [1.82, 2.24) is 14.9 Å². The highest BCUT2D eigenvalue weighted by Gasteiger charge is 2.42. The normalized spacial score (nSPS) is 17.8. The van der Waals surface area contributed by atoms with Crippen LogP contribution in [0.1, 0.15) is 23.5 Å². The molecule has 5 rings (SSSR count). The minimum absolute atomic E-state index is 0.0721. The average Bonchev–Trinajstić information content (AvgIpc) is 3.44. The summed E-state index contributed by atoms with van der Waals surface area (Å²) in [4.78, 5) is 8.96. The van der Waals surface area contributed by atoms with E-state index in [0.29, 0.717) is 5.11 Å². The summed E-state index contributed by atoms with van der Waals surface area (Å²) in [6, 6.07) is 27.0. The predicted molar refractivity (Wildman–Crippen MR) is 142 cm³/mol. The van der Waals surface area contributed by atoms with Crippen LogP contribution >= 0.6 is 28.1 Å². The maximum absolute atomic E-state index is 5.85. The standard InChI is InChI=1S/C26H24BrN5S/c1-30(2)19-12-14-20(15-13-19)31-17-5-7-23(31)25-24(22-6-3-4-16-28-22)29-26(33)32(25)21-10-8-18(27)9-11-21/h3-17,24-25H,1-2H3,(H,29,33)/t24-,25-/m1/s1. The molecule has 0 spiro atoms. The third-order valence-electron chi connectivity index (χ3n) is 5.93. The lowest BCUT2D eigenvalue weighted by molar-refractivity contribution is 0.549. The van der Waals surface area contributed by atoms with Gasteiger partial charge in [-0.3, -0.25) is 4.98 Å². The minimum Gasteiger partial charge on any atom is -0.378 e. The van der Waals surface area contributed by atoms with Gasteiger partial charge >= 0.3 is 0 Å². The first-order valence-electron chi connectivity index (χ1n) is 10.7. The van der Waals surface area contributed by atoms with E-state index in [1.54, 1.807) is 0 Å². The van der Waals surface area contributed by atoms with Crippen LogP contribution < -0.4 is 15.1 Å². The average molecular weight is 518 g/mol. The fourth-order valence-electron chi connectivity index (χ4n) is 4.32. The second-order valence-electron chi connectivity index (χ2n) is 8.19. The molecule has 2 aromatic heterocycles. The third kappa shape index (κ3) is 4.14. The van der Waals surface area contributed by atoms with Gasteiger partial charge in [0.15, 0.2) is 5.11 Å². The summed E-state index contributed by atoms with van der Waals surface area (Å²) < 4.78 is 3.27. The Morgan fingerprint density at radius 1 is 0.909 bits per heavy atom. The SMILES string of the molecule is CN(C)c1ccc(-n2cccc2[C@@H]2[C@@H](c3ccccn3)NC(=S)N2c2ccc(Br)cc2)cc1. The van der Waals surface area contributed by atoms with E-state index in [-0.39, 0.29) is 12.1 Å². The zero-order chi connectivity index (χ0) is 22.9. The van der Waals surface area contributed by atoms with Gasteiger partial charge in [0, 0.05) is 53.7 Å². The molecule has 33 heavy (non-hydrogen) atoms. The maximum Gasteiger partial charge on any atom is 0.174 e. The van der Waals surface area contributed by atoms with Gasteiger partial charge in [-0.2, -0.15) is 0 Å². The number of thiocarbonyl (C=S) groups is 1. The molecule has 0 aliphatic carbocycles. The summed E-state index contributed by atoms with van der Waals surface area (Å²) in [5.74, 6) is 0. The van der Waals surface area contributed by atoms with Crippen LogP contribution in [0, 0.1) is 0 Å². The Hall–Kier alpha value is -3.16. The monoisotopic (exact) mass is 517 g/mol. The first kappa shape index (κ1) is 21.7. The number of benzene rings is 2. The first-order chi connectivity index (χ1) is 16.0. The van der Waals surface area contributed by atoms with Gasteiger partial charge in [-0.05, 0) is 85.0 Å². The van der Waals surface area contributed by atoms with E-state index >= 15 is 0 Å². The van der Waals surface area contributed by atoms with Crippen molar-refractivity contribution >= 4 is 44.6 Å². The summed E-state index contributed by atoms with van der Waals surface area (Å²) in [7, 11) is 4.10. The molecule has 0 bridgehead atoms. The highest BCUT2D eigenvalue weighted by Crippen LogP contribution is 2.42. The molecule has 0 unspecified atom stereocenters. The van der Waals surface area contributed by atoms with Gasteiger partial charge in [-0.1, -0.05) is 22.0 Å². The molecule has 5 nitrogen and oxygen atoms in total. The molecule has 166 valence electrons. The smallest absolute Gasteiger partial charge is 0.174 e. The summed E-state index contributed by atoms with van der Waals surface area (Å²) in [5, 5.41) is 4.23. The Labute approximate surface area is 207 Å². The van der Waals surface area contributed by atoms with Crippen LogP contribution in [0.15, 0.2) is 95.7 Å². The highest BCUT2D eigenvalue weighted by atomic mass is 79.9. The number of pyridine rings is 1. The number of rotatable bonds is 5. The van der Waals surface area contributed by atoms with Crippen molar-refractivity contribution in [2.24, 2.45) is 0 Å². The Morgan fingerprint density at radius 2 is 1.64 bits per heavy atom. The van der Waals surface area contributed by atoms with Crippen LogP contribution in [-0.2, 0) is 0 Å². The Morgan fingerprint density at radius 3 is 2.30 bits per heavy atom. The second-order valence-corrected chi connectivity index (χ2v) is 9.49. The van der Waals surface area contributed by atoms with Crippen LogP contribution in [0.5, 0.6) is 0 Å². The van der Waals surface area contributed by atoms with E-state index in [1.165, 1.54) is 5.69 Å². The van der Waals surface area contributed by atoms with E-state index in [9.17, 15) is 0 Å². The van der Waals surface area contributed by atoms with Crippen molar-refractivity contribution in [2.75, 3.05) is 23.9 Å². The van der Waals surface area contributed by atoms with Crippen LogP contribution in [0.3, 0.4) is 0 Å². The summed E-state index contributed by atoms with van der Waals surface area (Å²) in [6.45, 7) is 0. The van der Waals surface area contributed by atoms with E-state index in [4.69, 9.17) is 12.2 Å². The van der Waals surface area contributed by atoms with Crippen LogP contribution in [0.2, 0.25) is 0 Å². The van der Waals surface area contributed by atoms with Crippen molar-refractivity contribution < 1.29 is 0 Å². The second kappa shape index (κ2) is 9.00. The quantitative estimate of drug-likeness (QED) is 0.334. The van der Waals surface area contributed by atoms with Gasteiger partial charge in [0.25, 0.3) is 0 Å². The van der Waals surface area contributed by atoms with Crippen LogP contribution in [0.25, 0.3) is 5.69 Å². The molecule has 1 aliphatic rings. The molecule has 0 radical (unpaired) electrons. The number of nitrogens with one attached hydrogen (secondary N) is 1. The zero-order valence-electron chi connectivity index (χ0n) is 18.4. The number of halogens is 1. The van der Waals surface area contributed by atoms with Gasteiger partial charge in [0.05, 0.1) is 11.7 Å². The van der Waals surface area contributed by atoms with E-state index < -0.39 is 0 Å². The topological polar surface area (TPSA) is 36.3 Å². The molecular weight excluding hydrogens is 494 g/mol. The van der Waals surface area contributed by atoms with Crippen LogP contribution in [-0.4, -0.2) is 28.8 Å². The van der Waals surface area contributed by atoms with Crippen molar-refractivity contribution in [3.05, 3.63) is 107 Å². The number of anilines is 2. The molecule has 1 N–H and O–H groups in total. The molecule has 2 atom stereocenters. The highest BCUT2D eigenvalue weighted by molar-refractivity contribution is 9.10. The van der Waals surface area contributed by atoms with Crippen LogP contribution in [0.4, 0.5) is 11.4 Å². The lowest BCUT2D eigenvalue weighted by atomic mass is 10.0. The molecule has 7 heteroatoms. The summed E-state index contributed by atoms with van der Waals surface area (Å²) >= 11 is 9.39. The predicted octanol–water partition coefficient (Wildman–Crippen LogP) is 5.88. The molecule has 0 amide bonds. The van der Waals surface area contributed by atoms with Crippen molar-refractivity contribution in [3.63, 3.8) is 0 Å². The largest absolute Gasteiger partial charge is 0.378 e. The lowest BCUT2D eigenvalue weighted by Crippen LogP contribution is -2.30. The molecule has 1 saturated heterocycles. The summed E-state index contributed by atoms with van der Waals surface area (Å²) in [6.07, 6.45) is 3.94. The van der Waals surface area contributed by atoms with Gasteiger partial charge in [0.1, 0.15) is 6.04 Å². The number of nitrogens with zero attached hydrogens (tertiary/aromatic N) is 4. The molecular formula is C26H24BrN5S. The van der Waals surface area contributed by atoms with Gasteiger partial charge < -0.3 is 19.7 Å². The number of aromatic nitrogens is 2. The Balaban J connectivity index is 1.63. The molecule has 1 aliphatic heterocycles. The number of hydrogen-bond donors (Lipinski definition) is 1. The van der Waals surface area contributed by atoms with E-state index in [2.05, 4.69) is 115 Å². The Kier molecular flexibility index (Phi) is 5.91. The molecule has 0 saturated carbocycles. The van der Waals surface area contributed by atoms with Gasteiger partial charge in [-0.15, -0.1) is 0 Å². The first-order valence-corrected chi connectivity index (χ1v) is 11.9. The molecule has 4 aromatic rings. The Bertz CT molecular complexity index is 1250. The fraction of sp³-hybridized carbons (Fsp3) is 0.154. The fourth-order valence-corrected chi connectivity index (χ4v) is 4.93. The van der Waals surface area contributed by atoms with E-state index in [0.717, 1.165) is 27.2 Å². The van der Waals surface area contributed by atoms with Crippen molar-refractivity contribution in [1.29, 1.82) is 0 Å². The third-order valence-corrected chi connectivity index (χ3v) is 6.77. The zero-order valence-corrected chi connectivity index (χ0v) is 20.8. The van der Waals surface area contributed by atoms with Crippen molar-refractivity contribution in [3.8, 4) is 5.69 Å². The lowest BCUT2D eigenvalue weighted by Gasteiger charge is -2.29. The minimum atomic E-state index is -0.0861. The van der Waals surface area contributed by atoms with Gasteiger partial charge in [-0.25, -0.2) is 0 Å². The summed E-state index contributed by atoms with van der Waals surface area (Å²) in [5.41, 5.74) is 5.40. The maximum atomic E-state index is 5.85.